The molecular weight excluding hydrogens is 368 g/mol. The molecule has 5 fully saturated rings. The molecule has 0 N–H and O–H groups in total. The largest absolute Gasteiger partial charge is 0.462 e. The number of rotatable bonds is 3. The third-order valence-electron chi connectivity index (χ3n) is 9.81. The van der Waals surface area contributed by atoms with Crippen LogP contribution in [0.4, 0.5) is 0 Å². The van der Waals surface area contributed by atoms with Crippen LogP contribution in [0.25, 0.3) is 0 Å². The van der Waals surface area contributed by atoms with E-state index in [-0.39, 0.29) is 40.9 Å². The van der Waals surface area contributed by atoms with Crippen LogP contribution in [0, 0.1) is 28.6 Å². The van der Waals surface area contributed by atoms with E-state index in [9.17, 15) is 9.59 Å². The van der Waals surface area contributed by atoms with Gasteiger partial charge >= 0.3 is 5.97 Å². The van der Waals surface area contributed by atoms with Crippen LogP contribution < -0.4 is 0 Å². The van der Waals surface area contributed by atoms with Crippen LogP contribution in [-0.4, -0.2) is 42.3 Å². The molecule has 5 nitrogen and oxygen atoms in total. The Kier molecular flexibility index (Phi) is 3.67. The number of ketones is 1. The number of esters is 1. The number of allylic oxidation sites excluding steroid dienone is 1. The van der Waals surface area contributed by atoms with Gasteiger partial charge in [0.05, 0.1) is 12.7 Å². The Labute approximate surface area is 172 Å². The molecule has 0 radical (unpaired) electrons. The fourth-order valence-electron chi connectivity index (χ4n) is 8.25. The molecule has 0 spiro atoms. The molecular formula is C24H32O5. The lowest BCUT2D eigenvalue weighted by atomic mass is 9.47. The maximum absolute atomic E-state index is 13.1. The Morgan fingerprint density at radius 1 is 1.17 bits per heavy atom. The van der Waals surface area contributed by atoms with Gasteiger partial charge in [-0.05, 0) is 61.7 Å². The van der Waals surface area contributed by atoms with Crippen molar-refractivity contribution in [1.29, 1.82) is 0 Å². The van der Waals surface area contributed by atoms with Gasteiger partial charge in [0.1, 0.15) is 12.2 Å². The van der Waals surface area contributed by atoms with Crippen molar-refractivity contribution in [2.24, 2.45) is 28.6 Å². The Balaban J connectivity index is 1.28. The predicted molar refractivity (Wildman–Crippen MR) is 105 cm³/mol. The lowest BCUT2D eigenvalue weighted by molar-refractivity contribution is -0.149. The molecule has 0 aromatic heterocycles. The van der Waals surface area contributed by atoms with Crippen molar-refractivity contribution in [3.8, 4) is 0 Å². The molecule has 6 rings (SSSR count). The molecule has 2 saturated heterocycles. The zero-order valence-electron chi connectivity index (χ0n) is 17.7. The standard InChI is InChI=1S/C24H32O5/c1-13(25)28-15-6-8-22(2)14(10-15)4-5-16-17(22)7-9-23(3)18(16)11-20-24(23,29-20)21(26)19-12-27-19/h4,15-20H,5-12H2,1-3H3/t15-,16+,17+,18+,19-,20+,22-,23-,24-/m0/s1. The monoisotopic (exact) mass is 400 g/mol. The summed E-state index contributed by atoms with van der Waals surface area (Å²) in [5.74, 6) is 1.92. The quantitative estimate of drug-likeness (QED) is 0.411. The van der Waals surface area contributed by atoms with Gasteiger partial charge in [-0.3, -0.25) is 9.59 Å². The molecule has 0 unspecified atom stereocenters. The van der Waals surface area contributed by atoms with Crippen LogP contribution in [0.5, 0.6) is 0 Å². The van der Waals surface area contributed by atoms with Crippen molar-refractivity contribution >= 4 is 11.8 Å². The van der Waals surface area contributed by atoms with Crippen molar-refractivity contribution in [3.05, 3.63) is 11.6 Å². The molecule has 9 atom stereocenters. The molecule has 4 aliphatic carbocycles. The van der Waals surface area contributed by atoms with Crippen LogP contribution in [0.2, 0.25) is 0 Å². The van der Waals surface area contributed by atoms with Crippen LogP contribution in [0.3, 0.4) is 0 Å². The molecule has 0 aromatic rings. The smallest absolute Gasteiger partial charge is 0.302 e. The van der Waals surface area contributed by atoms with Crippen molar-refractivity contribution in [1.82, 2.24) is 0 Å². The molecule has 0 aromatic carbocycles. The fraction of sp³-hybridized carbons (Fsp3) is 0.833. The van der Waals surface area contributed by atoms with Gasteiger partial charge in [0.15, 0.2) is 11.4 Å². The first kappa shape index (κ1) is 18.6. The van der Waals surface area contributed by atoms with Gasteiger partial charge in [-0.2, -0.15) is 0 Å². The molecule has 3 saturated carbocycles. The summed E-state index contributed by atoms with van der Waals surface area (Å²) in [6.45, 7) is 6.88. The summed E-state index contributed by atoms with van der Waals surface area (Å²) < 4.78 is 17.0. The van der Waals surface area contributed by atoms with Crippen LogP contribution >= 0.6 is 0 Å². The zero-order valence-corrected chi connectivity index (χ0v) is 17.7. The summed E-state index contributed by atoms with van der Waals surface area (Å²) in [4.78, 5) is 24.5. The molecule has 5 heteroatoms. The number of carbonyl (C=O) groups is 2. The first-order chi connectivity index (χ1) is 13.8. The summed E-state index contributed by atoms with van der Waals surface area (Å²) >= 11 is 0. The number of hydrogen-bond donors (Lipinski definition) is 0. The van der Waals surface area contributed by atoms with Crippen molar-refractivity contribution < 1.29 is 23.8 Å². The fourth-order valence-corrected chi connectivity index (χ4v) is 8.25. The molecule has 2 aliphatic heterocycles. The predicted octanol–water partition coefficient (Wildman–Crippen LogP) is 3.60. The third kappa shape index (κ3) is 2.29. The third-order valence-corrected chi connectivity index (χ3v) is 9.81. The molecule has 29 heavy (non-hydrogen) atoms. The summed E-state index contributed by atoms with van der Waals surface area (Å²) in [6, 6.07) is 0. The molecule has 6 aliphatic rings. The highest BCUT2D eigenvalue weighted by Crippen LogP contribution is 2.73. The SMILES string of the molecule is CC(=O)O[C@H]1CC[C@@]2(C)C(=CC[C@@H]3[C@H]2CC[C@@]2(C)[C@@H]3C[C@H]3O[C@]32C(=O)[C@@H]2CO2)C1. The van der Waals surface area contributed by atoms with Gasteiger partial charge in [-0.15, -0.1) is 0 Å². The van der Waals surface area contributed by atoms with Gasteiger partial charge in [-0.1, -0.05) is 25.5 Å². The lowest BCUT2D eigenvalue weighted by Gasteiger charge is -2.58. The van der Waals surface area contributed by atoms with E-state index in [1.54, 1.807) is 0 Å². The van der Waals surface area contributed by atoms with Gasteiger partial charge < -0.3 is 14.2 Å². The Hall–Kier alpha value is -1.20. The summed E-state index contributed by atoms with van der Waals surface area (Å²) in [7, 11) is 0. The average Bonchev–Trinajstić information content (AvgIpc) is 3.58. The number of epoxide rings is 2. The number of fused-ring (bicyclic) bond motifs is 7. The second-order valence-electron chi connectivity index (χ2n) is 11.0. The lowest BCUT2D eigenvalue weighted by Crippen LogP contribution is -2.55. The van der Waals surface area contributed by atoms with Gasteiger partial charge in [0, 0.05) is 18.8 Å². The Morgan fingerprint density at radius 3 is 2.69 bits per heavy atom. The Bertz CT molecular complexity index is 814. The van der Waals surface area contributed by atoms with E-state index in [4.69, 9.17) is 14.2 Å². The van der Waals surface area contributed by atoms with E-state index < -0.39 is 5.60 Å². The number of carbonyl (C=O) groups excluding carboxylic acids is 2. The van der Waals surface area contributed by atoms with Crippen molar-refractivity contribution in [3.63, 3.8) is 0 Å². The average molecular weight is 401 g/mol. The summed E-state index contributed by atoms with van der Waals surface area (Å²) in [5.41, 5.74) is 1.13. The van der Waals surface area contributed by atoms with E-state index in [1.807, 2.05) is 0 Å². The number of ether oxygens (including phenoxy) is 3. The molecule has 2 heterocycles. The zero-order chi connectivity index (χ0) is 20.2. The van der Waals surface area contributed by atoms with Crippen LogP contribution in [-0.2, 0) is 23.8 Å². The molecule has 158 valence electrons. The van der Waals surface area contributed by atoms with E-state index in [0.29, 0.717) is 24.4 Å². The van der Waals surface area contributed by atoms with Crippen LogP contribution in [0.15, 0.2) is 11.6 Å². The van der Waals surface area contributed by atoms with E-state index in [2.05, 4.69) is 19.9 Å². The summed E-state index contributed by atoms with van der Waals surface area (Å²) in [5, 5.41) is 0. The Morgan fingerprint density at radius 2 is 1.97 bits per heavy atom. The molecule has 0 amide bonds. The molecule has 0 bridgehead atoms. The van der Waals surface area contributed by atoms with E-state index in [1.165, 1.54) is 18.9 Å². The van der Waals surface area contributed by atoms with Crippen LogP contribution in [0.1, 0.15) is 65.7 Å². The van der Waals surface area contributed by atoms with Gasteiger partial charge in [-0.25, -0.2) is 0 Å². The highest BCUT2D eigenvalue weighted by atomic mass is 16.6. The summed E-state index contributed by atoms with van der Waals surface area (Å²) in [6.07, 6.45) is 9.75. The van der Waals surface area contributed by atoms with E-state index in [0.717, 1.165) is 38.5 Å². The maximum Gasteiger partial charge on any atom is 0.302 e. The first-order valence-corrected chi connectivity index (χ1v) is 11.5. The minimum absolute atomic E-state index is 0.0431. The highest BCUT2D eigenvalue weighted by Gasteiger charge is 2.81. The minimum Gasteiger partial charge on any atom is -0.462 e. The highest BCUT2D eigenvalue weighted by molar-refractivity contribution is 5.97. The minimum atomic E-state index is -0.554. The number of hydrogen-bond acceptors (Lipinski definition) is 5. The second kappa shape index (κ2) is 5.73. The van der Waals surface area contributed by atoms with Crippen molar-refractivity contribution in [2.45, 2.75) is 89.6 Å². The topological polar surface area (TPSA) is 68.4 Å². The van der Waals surface area contributed by atoms with Gasteiger partial charge in [0.2, 0.25) is 0 Å². The van der Waals surface area contributed by atoms with E-state index >= 15 is 0 Å². The normalized spacial score (nSPS) is 54.2. The first-order valence-electron chi connectivity index (χ1n) is 11.5. The van der Waals surface area contributed by atoms with Crippen molar-refractivity contribution in [2.75, 3.05) is 6.61 Å². The maximum atomic E-state index is 13.1. The number of Topliss-reactive ketones (excluding diaryl/α,β-unsaturated/α-hetero) is 1. The van der Waals surface area contributed by atoms with Gasteiger partial charge in [0.25, 0.3) is 0 Å². The second-order valence-corrected chi connectivity index (χ2v) is 11.0.